The standard InChI is InChI=1S/C19H26N2O3S/c1-20-11-14-2-3-15(20)13-21(12-14)19(22)6-9-25-16-4-5-17-18(10-16)24-8-7-23-17/h4-5,10,14-15H,2-3,6-9,11-13H2,1H3/t14-,15-/m0/s1. The number of amides is 1. The maximum Gasteiger partial charge on any atom is 0.223 e. The van der Waals surface area contributed by atoms with Gasteiger partial charge < -0.3 is 19.3 Å². The van der Waals surface area contributed by atoms with Crippen molar-refractivity contribution in [2.75, 3.05) is 45.6 Å². The fraction of sp³-hybridized carbons (Fsp3) is 0.632. The van der Waals surface area contributed by atoms with Crippen LogP contribution in [0.25, 0.3) is 0 Å². The van der Waals surface area contributed by atoms with Gasteiger partial charge in [0.15, 0.2) is 11.5 Å². The van der Waals surface area contributed by atoms with Crippen molar-refractivity contribution in [3.05, 3.63) is 18.2 Å². The summed E-state index contributed by atoms with van der Waals surface area (Å²) in [5.74, 6) is 3.39. The predicted molar refractivity (Wildman–Crippen MR) is 98.5 cm³/mol. The molecule has 0 saturated carbocycles. The molecular weight excluding hydrogens is 336 g/mol. The van der Waals surface area contributed by atoms with E-state index in [2.05, 4.69) is 16.8 Å². The molecule has 5 nitrogen and oxygen atoms in total. The third-order valence-corrected chi connectivity index (χ3v) is 6.43. The Labute approximate surface area is 153 Å². The quantitative estimate of drug-likeness (QED) is 0.770. The zero-order valence-corrected chi connectivity index (χ0v) is 15.6. The van der Waals surface area contributed by atoms with Crippen molar-refractivity contribution in [1.82, 2.24) is 9.80 Å². The van der Waals surface area contributed by atoms with Crippen molar-refractivity contribution >= 4 is 17.7 Å². The molecule has 4 aliphatic heterocycles. The Morgan fingerprint density at radius 3 is 2.84 bits per heavy atom. The second kappa shape index (κ2) is 7.46. The molecule has 5 rings (SSSR count). The zero-order valence-electron chi connectivity index (χ0n) is 14.8. The van der Waals surface area contributed by atoms with E-state index in [4.69, 9.17) is 9.47 Å². The van der Waals surface area contributed by atoms with Gasteiger partial charge in [0.1, 0.15) is 13.2 Å². The van der Waals surface area contributed by atoms with Crippen molar-refractivity contribution in [1.29, 1.82) is 0 Å². The molecule has 3 saturated heterocycles. The number of hydrogen-bond donors (Lipinski definition) is 0. The summed E-state index contributed by atoms with van der Waals surface area (Å²) in [5.41, 5.74) is 0. The Morgan fingerprint density at radius 1 is 1.16 bits per heavy atom. The highest BCUT2D eigenvalue weighted by Crippen LogP contribution is 2.34. The molecule has 6 heteroatoms. The lowest BCUT2D eigenvalue weighted by atomic mass is 9.96. The predicted octanol–water partition coefficient (Wildman–Crippen LogP) is 2.49. The van der Waals surface area contributed by atoms with E-state index >= 15 is 0 Å². The molecule has 25 heavy (non-hydrogen) atoms. The lowest BCUT2D eigenvalue weighted by Crippen LogP contribution is -2.41. The fourth-order valence-corrected chi connectivity index (χ4v) is 4.91. The van der Waals surface area contributed by atoms with E-state index in [1.54, 1.807) is 11.8 Å². The van der Waals surface area contributed by atoms with Crippen LogP contribution in [-0.4, -0.2) is 67.4 Å². The van der Waals surface area contributed by atoms with Gasteiger partial charge in [-0.25, -0.2) is 0 Å². The molecule has 0 aliphatic carbocycles. The van der Waals surface area contributed by atoms with Crippen LogP contribution in [-0.2, 0) is 4.79 Å². The van der Waals surface area contributed by atoms with Gasteiger partial charge in [-0.3, -0.25) is 4.79 Å². The largest absolute Gasteiger partial charge is 0.486 e. The van der Waals surface area contributed by atoms with Crippen LogP contribution < -0.4 is 9.47 Å². The third-order valence-electron chi connectivity index (χ3n) is 5.44. The Balaban J connectivity index is 1.29. The Bertz CT molecular complexity index is 639. The van der Waals surface area contributed by atoms with Crippen molar-refractivity contribution in [3.63, 3.8) is 0 Å². The lowest BCUT2D eigenvalue weighted by molar-refractivity contribution is -0.131. The molecule has 0 radical (unpaired) electrons. The van der Waals surface area contributed by atoms with Crippen LogP contribution in [0.3, 0.4) is 0 Å². The number of hydrogen-bond acceptors (Lipinski definition) is 5. The summed E-state index contributed by atoms with van der Waals surface area (Å²) in [6, 6.07) is 6.57. The van der Waals surface area contributed by atoms with E-state index < -0.39 is 0 Å². The Morgan fingerprint density at radius 2 is 2.00 bits per heavy atom. The van der Waals surface area contributed by atoms with Crippen molar-refractivity contribution in [2.24, 2.45) is 5.92 Å². The number of likely N-dealkylation sites (N-methyl/N-ethyl adjacent to an activating group) is 1. The highest BCUT2D eigenvalue weighted by Gasteiger charge is 2.34. The molecule has 4 aliphatic rings. The number of fused-ring (bicyclic) bond motifs is 5. The molecule has 2 atom stereocenters. The van der Waals surface area contributed by atoms with Gasteiger partial charge in [-0.1, -0.05) is 0 Å². The monoisotopic (exact) mass is 362 g/mol. The molecule has 0 unspecified atom stereocenters. The zero-order chi connectivity index (χ0) is 17.2. The second-order valence-electron chi connectivity index (χ2n) is 7.24. The molecule has 0 N–H and O–H groups in total. The van der Waals surface area contributed by atoms with Crippen molar-refractivity contribution in [3.8, 4) is 11.5 Å². The van der Waals surface area contributed by atoms with E-state index in [1.807, 2.05) is 18.2 Å². The van der Waals surface area contributed by atoms with Crippen LogP contribution in [0, 0.1) is 5.92 Å². The highest BCUT2D eigenvalue weighted by molar-refractivity contribution is 7.99. The number of nitrogens with zero attached hydrogens (tertiary/aromatic N) is 2. The van der Waals surface area contributed by atoms with Gasteiger partial charge in [-0.05, 0) is 44.0 Å². The van der Waals surface area contributed by atoms with Gasteiger partial charge in [0.2, 0.25) is 5.91 Å². The van der Waals surface area contributed by atoms with Gasteiger partial charge in [0.25, 0.3) is 0 Å². The summed E-state index contributed by atoms with van der Waals surface area (Å²) < 4.78 is 11.2. The lowest BCUT2D eigenvalue weighted by Gasteiger charge is -2.32. The van der Waals surface area contributed by atoms with Gasteiger partial charge in [0, 0.05) is 42.7 Å². The molecule has 2 bridgehead atoms. The highest BCUT2D eigenvalue weighted by atomic mass is 32.2. The molecule has 3 fully saturated rings. The molecule has 0 aromatic heterocycles. The summed E-state index contributed by atoms with van der Waals surface area (Å²) in [6.07, 6.45) is 3.10. The van der Waals surface area contributed by atoms with Crippen molar-refractivity contribution < 1.29 is 14.3 Å². The average Bonchev–Trinajstić information content (AvgIpc) is 2.93. The first-order valence-corrected chi connectivity index (χ1v) is 10.2. The smallest absolute Gasteiger partial charge is 0.223 e. The minimum absolute atomic E-state index is 0.303. The molecule has 1 amide bonds. The van der Waals surface area contributed by atoms with E-state index in [0.29, 0.717) is 37.5 Å². The van der Waals surface area contributed by atoms with Gasteiger partial charge in [-0.15, -0.1) is 11.8 Å². The van der Waals surface area contributed by atoms with Crippen LogP contribution in [0.5, 0.6) is 11.5 Å². The average molecular weight is 362 g/mol. The molecule has 136 valence electrons. The molecule has 1 aromatic carbocycles. The maximum absolute atomic E-state index is 12.6. The van der Waals surface area contributed by atoms with Crippen LogP contribution in [0.1, 0.15) is 19.3 Å². The topological polar surface area (TPSA) is 42.0 Å². The second-order valence-corrected chi connectivity index (χ2v) is 8.41. The first kappa shape index (κ1) is 17.0. The van der Waals surface area contributed by atoms with Crippen LogP contribution in [0.2, 0.25) is 0 Å². The Kier molecular flexibility index (Phi) is 5.08. The van der Waals surface area contributed by atoms with E-state index in [0.717, 1.165) is 41.8 Å². The normalized spacial score (nSPS) is 25.7. The number of rotatable bonds is 4. The van der Waals surface area contributed by atoms with Crippen LogP contribution in [0.15, 0.2) is 23.1 Å². The number of thioether (sulfide) groups is 1. The molecule has 1 aromatic rings. The summed E-state index contributed by atoms with van der Waals surface area (Å²) in [7, 11) is 2.20. The number of piperidine rings is 1. The minimum Gasteiger partial charge on any atom is -0.486 e. The summed E-state index contributed by atoms with van der Waals surface area (Å²) in [4.78, 5) is 18.3. The molecule has 4 heterocycles. The fourth-order valence-electron chi connectivity index (χ4n) is 4.05. The number of benzene rings is 1. The van der Waals surface area contributed by atoms with E-state index in [1.165, 1.54) is 12.8 Å². The van der Waals surface area contributed by atoms with Crippen molar-refractivity contribution in [2.45, 2.75) is 30.2 Å². The van der Waals surface area contributed by atoms with Gasteiger partial charge in [-0.2, -0.15) is 0 Å². The number of carbonyl (C=O) groups excluding carboxylic acids is 1. The summed E-state index contributed by atoms with van der Waals surface area (Å²) in [6.45, 7) is 4.20. The van der Waals surface area contributed by atoms with Crippen LogP contribution in [0.4, 0.5) is 0 Å². The number of carbonyl (C=O) groups is 1. The minimum atomic E-state index is 0.303. The first-order valence-electron chi connectivity index (χ1n) is 9.19. The third kappa shape index (κ3) is 3.90. The van der Waals surface area contributed by atoms with Crippen LogP contribution >= 0.6 is 11.8 Å². The van der Waals surface area contributed by atoms with Gasteiger partial charge in [0.05, 0.1) is 0 Å². The number of ether oxygens (including phenoxy) is 2. The Hall–Kier alpha value is -1.40. The SMILES string of the molecule is CN1C[C@@H]2CC[C@H]1CN(C(=O)CCSc1ccc3c(c1)OCCO3)C2. The maximum atomic E-state index is 12.6. The van der Waals surface area contributed by atoms with E-state index in [9.17, 15) is 4.79 Å². The first-order chi connectivity index (χ1) is 12.2. The summed E-state index contributed by atoms with van der Waals surface area (Å²) in [5, 5.41) is 0. The summed E-state index contributed by atoms with van der Waals surface area (Å²) >= 11 is 1.72. The molecular formula is C19H26N2O3S. The molecule has 0 spiro atoms. The van der Waals surface area contributed by atoms with E-state index in [-0.39, 0.29) is 0 Å². The van der Waals surface area contributed by atoms with Gasteiger partial charge >= 0.3 is 0 Å².